The molecule has 4 aromatic rings. The highest BCUT2D eigenvalue weighted by Gasteiger charge is 2.56. The van der Waals surface area contributed by atoms with Crippen molar-refractivity contribution in [1.29, 1.82) is 0 Å². The number of pyridine rings is 2. The summed E-state index contributed by atoms with van der Waals surface area (Å²) in [6, 6.07) is 10.1. The summed E-state index contributed by atoms with van der Waals surface area (Å²) >= 11 is 0. The highest BCUT2D eigenvalue weighted by molar-refractivity contribution is 5.83. The molecule has 1 aromatic carbocycles. The first-order chi connectivity index (χ1) is 15.9. The summed E-state index contributed by atoms with van der Waals surface area (Å²) < 4.78 is 43.0. The molecule has 0 saturated heterocycles. The van der Waals surface area contributed by atoms with E-state index in [4.69, 9.17) is 0 Å². The van der Waals surface area contributed by atoms with Gasteiger partial charge in [0.05, 0.1) is 11.7 Å². The Hall–Kier alpha value is -3.39. The van der Waals surface area contributed by atoms with Gasteiger partial charge in [-0.15, -0.1) is 0 Å². The number of rotatable bonds is 6. The molecule has 0 spiro atoms. The van der Waals surface area contributed by atoms with Crippen LogP contribution in [0.5, 0.6) is 5.75 Å². The molecular formula is C26H26F3N3O2. The summed E-state index contributed by atoms with van der Waals surface area (Å²) in [5.74, 6) is -0.130. The fraction of sp³-hybridized carbons (Fsp3) is 0.308. The highest BCUT2D eigenvalue weighted by Crippen LogP contribution is 2.46. The maximum Gasteiger partial charge on any atom is 0.417 e. The van der Waals surface area contributed by atoms with Gasteiger partial charge in [-0.3, -0.25) is 9.97 Å². The summed E-state index contributed by atoms with van der Waals surface area (Å²) in [5.41, 5.74) is -0.905. The molecule has 8 heteroatoms. The molecule has 0 aliphatic carbocycles. The number of aromatic hydroxyl groups is 1. The second-order valence-electron chi connectivity index (χ2n) is 9.39. The van der Waals surface area contributed by atoms with Crippen LogP contribution >= 0.6 is 0 Å². The Morgan fingerprint density at radius 2 is 1.71 bits per heavy atom. The first-order valence-corrected chi connectivity index (χ1v) is 10.9. The predicted molar refractivity (Wildman–Crippen MR) is 125 cm³/mol. The number of phenols is 1. The van der Waals surface area contributed by atoms with Crippen LogP contribution in [0.25, 0.3) is 22.0 Å². The summed E-state index contributed by atoms with van der Waals surface area (Å²) in [7, 11) is 0. The molecule has 3 N–H and O–H groups in total. The lowest BCUT2D eigenvalue weighted by atomic mass is 9.72. The van der Waals surface area contributed by atoms with E-state index in [1.165, 1.54) is 6.07 Å². The third-order valence-corrected chi connectivity index (χ3v) is 6.42. The molecule has 0 radical (unpaired) electrons. The quantitative estimate of drug-likeness (QED) is 0.331. The largest absolute Gasteiger partial charge is 0.508 e. The molecule has 3 heterocycles. The number of aryl methyl sites for hydroxylation is 1. The van der Waals surface area contributed by atoms with Crippen LogP contribution in [-0.2, 0) is 11.8 Å². The topological polar surface area (TPSA) is 82.0 Å². The lowest BCUT2D eigenvalue weighted by molar-refractivity contribution is -0.266. The van der Waals surface area contributed by atoms with Crippen LogP contribution in [0.3, 0.4) is 0 Å². The maximum atomic E-state index is 14.3. The maximum absolute atomic E-state index is 14.3. The number of aliphatic hydroxyl groups is 1. The van der Waals surface area contributed by atoms with Crippen molar-refractivity contribution >= 4 is 10.9 Å². The summed E-state index contributed by atoms with van der Waals surface area (Å²) in [4.78, 5) is 11.1. The molecule has 0 saturated carbocycles. The molecule has 0 aliphatic rings. The number of aromatic amines is 1. The molecule has 1 unspecified atom stereocenters. The van der Waals surface area contributed by atoms with E-state index in [2.05, 4.69) is 15.0 Å². The number of hydrogen-bond donors (Lipinski definition) is 3. The molecule has 0 fully saturated rings. The molecule has 1 atom stereocenters. The number of benzene rings is 1. The van der Waals surface area contributed by atoms with Crippen LogP contribution in [0.4, 0.5) is 13.2 Å². The second kappa shape index (κ2) is 8.43. The van der Waals surface area contributed by atoms with Gasteiger partial charge in [0.1, 0.15) is 5.75 Å². The first kappa shape index (κ1) is 23.8. The first-order valence-electron chi connectivity index (χ1n) is 10.9. The molecule has 0 aliphatic heterocycles. The monoisotopic (exact) mass is 469 g/mol. The van der Waals surface area contributed by atoms with Gasteiger partial charge < -0.3 is 15.2 Å². The molecule has 0 amide bonds. The van der Waals surface area contributed by atoms with Gasteiger partial charge in [-0.1, -0.05) is 26.0 Å². The van der Waals surface area contributed by atoms with E-state index in [9.17, 15) is 23.4 Å². The van der Waals surface area contributed by atoms with E-state index >= 15 is 0 Å². The number of halogens is 3. The zero-order chi connectivity index (χ0) is 24.7. The van der Waals surface area contributed by atoms with Gasteiger partial charge in [0.25, 0.3) is 0 Å². The highest BCUT2D eigenvalue weighted by atomic mass is 19.4. The Morgan fingerprint density at radius 3 is 2.35 bits per heavy atom. The average Bonchev–Trinajstić information content (AvgIpc) is 3.08. The van der Waals surface area contributed by atoms with Crippen molar-refractivity contribution in [3.8, 4) is 16.9 Å². The standard InChI is InChI=1S/C26H26F3N3O2/c1-16-19-8-10-31-14-22(19)32-21(16)12-25(34,26(27,28)29)15-24(2,3)20-11-17(6-7-23(20)33)18-5-4-9-30-13-18/h4-11,13-14,32-34H,12,15H2,1-3H3. The Morgan fingerprint density at radius 1 is 0.971 bits per heavy atom. The summed E-state index contributed by atoms with van der Waals surface area (Å²) in [6.07, 6.45) is 0.185. The number of nitrogens with zero attached hydrogens (tertiary/aromatic N) is 2. The second-order valence-corrected chi connectivity index (χ2v) is 9.39. The van der Waals surface area contributed by atoms with E-state index in [0.717, 1.165) is 10.9 Å². The van der Waals surface area contributed by atoms with Crippen molar-refractivity contribution in [2.75, 3.05) is 0 Å². The average molecular weight is 470 g/mol. The molecule has 178 valence electrons. The van der Waals surface area contributed by atoms with Crippen LogP contribution in [0.15, 0.2) is 61.2 Å². The van der Waals surface area contributed by atoms with E-state index in [0.29, 0.717) is 27.9 Å². The van der Waals surface area contributed by atoms with Gasteiger partial charge in [-0.2, -0.15) is 13.2 Å². The fourth-order valence-electron chi connectivity index (χ4n) is 4.59. The van der Waals surface area contributed by atoms with E-state index in [-0.39, 0.29) is 5.75 Å². The zero-order valence-electron chi connectivity index (χ0n) is 19.1. The lowest BCUT2D eigenvalue weighted by Crippen LogP contribution is -2.51. The third kappa shape index (κ3) is 4.37. The van der Waals surface area contributed by atoms with Crippen molar-refractivity contribution < 1.29 is 23.4 Å². The van der Waals surface area contributed by atoms with Gasteiger partial charge in [0.2, 0.25) is 0 Å². The van der Waals surface area contributed by atoms with Gasteiger partial charge in [-0.25, -0.2) is 0 Å². The van der Waals surface area contributed by atoms with Crippen LogP contribution in [-0.4, -0.2) is 36.9 Å². The molecule has 34 heavy (non-hydrogen) atoms. The van der Waals surface area contributed by atoms with Crippen LogP contribution < -0.4 is 0 Å². The van der Waals surface area contributed by atoms with E-state index in [1.54, 1.807) is 69.8 Å². The lowest BCUT2D eigenvalue weighted by Gasteiger charge is -2.38. The van der Waals surface area contributed by atoms with Gasteiger partial charge >= 0.3 is 6.18 Å². The molecule has 4 rings (SSSR count). The Kier molecular flexibility index (Phi) is 5.89. The molecule has 5 nitrogen and oxygen atoms in total. The van der Waals surface area contributed by atoms with E-state index in [1.807, 2.05) is 6.07 Å². The smallest absolute Gasteiger partial charge is 0.417 e. The Bertz CT molecular complexity index is 1320. The van der Waals surface area contributed by atoms with Crippen LogP contribution in [0.1, 0.15) is 37.1 Å². The number of nitrogens with one attached hydrogen (secondary N) is 1. The number of hydrogen-bond acceptors (Lipinski definition) is 4. The van der Waals surface area contributed by atoms with Crippen LogP contribution in [0.2, 0.25) is 0 Å². The van der Waals surface area contributed by atoms with Crippen molar-refractivity contribution in [2.45, 2.75) is 50.8 Å². The van der Waals surface area contributed by atoms with Crippen molar-refractivity contribution in [3.05, 3.63) is 78.0 Å². The van der Waals surface area contributed by atoms with E-state index < -0.39 is 30.0 Å². The van der Waals surface area contributed by atoms with Gasteiger partial charge in [-0.05, 0) is 54.2 Å². The normalized spacial score (nSPS) is 14.3. The Labute approximate surface area is 195 Å². The van der Waals surface area contributed by atoms with Crippen LogP contribution in [0, 0.1) is 6.92 Å². The van der Waals surface area contributed by atoms with Gasteiger partial charge in [0, 0.05) is 47.2 Å². The minimum Gasteiger partial charge on any atom is -0.508 e. The molecular weight excluding hydrogens is 443 g/mol. The predicted octanol–water partition coefficient (Wildman–Crippen LogP) is 5.84. The minimum atomic E-state index is -4.90. The minimum absolute atomic E-state index is 0.130. The van der Waals surface area contributed by atoms with Gasteiger partial charge in [0.15, 0.2) is 5.60 Å². The molecule has 0 bridgehead atoms. The number of fused-ring (bicyclic) bond motifs is 1. The SMILES string of the molecule is Cc1c(CC(O)(CC(C)(C)c2cc(-c3cccnc3)ccc2O)C(F)(F)F)[nH]c2cnccc12. The number of phenolic OH excluding ortho intramolecular Hbond substituents is 1. The number of aromatic nitrogens is 3. The summed E-state index contributed by atoms with van der Waals surface area (Å²) in [6.45, 7) is 4.90. The Balaban J connectivity index is 1.72. The third-order valence-electron chi connectivity index (χ3n) is 6.42. The number of alkyl halides is 3. The van der Waals surface area contributed by atoms with Crippen molar-refractivity contribution in [2.24, 2.45) is 0 Å². The van der Waals surface area contributed by atoms with Crippen molar-refractivity contribution in [1.82, 2.24) is 15.0 Å². The summed E-state index contributed by atoms with van der Waals surface area (Å²) in [5, 5.41) is 22.4. The fourth-order valence-corrected chi connectivity index (χ4v) is 4.59. The molecule has 3 aromatic heterocycles. The zero-order valence-corrected chi connectivity index (χ0v) is 19.1. The number of H-pyrrole nitrogens is 1. The van der Waals surface area contributed by atoms with Crippen molar-refractivity contribution in [3.63, 3.8) is 0 Å².